The predicted molar refractivity (Wildman–Crippen MR) is 99.6 cm³/mol. The van der Waals surface area contributed by atoms with Crippen LogP contribution < -0.4 is 5.32 Å². The maximum absolute atomic E-state index is 12.7. The third kappa shape index (κ3) is 4.82. The van der Waals surface area contributed by atoms with Crippen molar-refractivity contribution in [3.8, 4) is 0 Å². The number of aromatic nitrogens is 2. The van der Waals surface area contributed by atoms with E-state index in [0.29, 0.717) is 50.1 Å². The standard InChI is InChI=1S/C18H24N6O3/c1-22(2)8-7-20-18-19-6-5-14(21-18)16(25)23-9-11-24(12-10-23)17(26)15-4-3-13-27-15/h3-6,13H,7-12H2,1-2H3,(H,19,20,21). The second-order valence-electron chi connectivity index (χ2n) is 6.56. The van der Waals surface area contributed by atoms with Crippen molar-refractivity contribution < 1.29 is 14.0 Å². The predicted octanol–water partition coefficient (Wildman–Crippen LogP) is 0.641. The fraction of sp³-hybridized carbons (Fsp3) is 0.444. The van der Waals surface area contributed by atoms with Gasteiger partial charge in [0.25, 0.3) is 11.8 Å². The number of piperazine rings is 1. The van der Waals surface area contributed by atoms with Crippen molar-refractivity contribution in [2.75, 3.05) is 58.7 Å². The minimum Gasteiger partial charge on any atom is -0.459 e. The molecule has 3 rings (SSSR count). The maximum Gasteiger partial charge on any atom is 0.289 e. The first-order chi connectivity index (χ1) is 13.0. The number of rotatable bonds is 6. The minimum absolute atomic E-state index is 0.151. The quantitative estimate of drug-likeness (QED) is 0.795. The monoisotopic (exact) mass is 372 g/mol. The van der Waals surface area contributed by atoms with Gasteiger partial charge in [0.05, 0.1) is 6.26 Å². The Balaban J connectivity index is 1.55. The Labute approximate surface area is 158 Å². The molecule has 2 aromatic heterocycles. The van der Waals surface area contributed by atoms with Crippen LogP contribution in [0.15, 0.2) is 35.1 Å². The molecule has 3 heterocycles. The largest absolute Gasteiger partial charge is 0.459 e. The molecule has 0 radical (unpaired) electrons. The summed E-state index contributed by atoms with van der Waals surface area (Å²) in [7, 11) is 3.97. The molecule has 2 amide bonds. The van der Waals surface area contributed by atoms with Crippen LogP contribution in [0.25, 0.3) is 0 Å². The zero-order valence-electron chi connectivity index (χ0n) is 15.6. The Morgan fingerprint density at radius 3 is 2.48 bits per heavy atom. The number of hydrogen-bond acceptors (Lipinski definition) is 7. The molecule has 0 unspecified atom stereocenters. The van der Waals surface area contributed by atoms with Crippen molar-refractivity contribution in [2.24, 2.45) is 0 Å². The highest BCUT2D eigenvalue weighted by molar-refractivity contribution is 5.93. The summed E-state index contributed by atoms with van der Waals surface area (Å²) in [4.78, 5) is 38.9. The summed E-state index contributed by atoms with van der Waals surface area (Å²) in [5.41, 5.74) is 0.350. The van der Waals surface area contributed by atoms with Gasteiger partial charge in [-0.05, 0) is 32.3 Å². The summed E-state index contributed by atoms with van der Waals surface area (Å²) in [5.74, 6) is 0.452. The molecular formula is C18H24N6O3. The minimum atomic E-state index is -0.154. The number of anilines is 1. The third-order valence-corrected chi connectivity index (χ3v) is 4.30. The topological polar surface area (TPSA) is 94.8 Å². The fourth-order valence-electron chi connectivity index (χ4n) is 2.79. The summed E-state index contributed by atoms with van der Waals surface area (Å²) in [6, 6.07) is 4.94. The zero-order chi connectivity index (χ0) is 19.2. The fourth-order valence-corrected chi connectivity index (χ4v) is 2.79. The molecule has 0 bridgehead atoms. The van der Waals surface area contributed by atoms with Gasteiger partial charge in [0.2, 0.25) is 5.95 Å². The smallest absolute Gasteiger partial charge is 0.289 e. The molecule has 27 heavy (non-hydrogen) atoms. The first-order valence-corrected chi connectivity index (χ1v) is 8.88. The van der Waals surface area contributed by atoms with E-state index in [2.05, 4.69) is 15.3 Å². The van der Waals surface area contributed by atoms with Crippen molar-refractivity contribution in [1.82, 2.24) is 24.7 Å². The van der Waals surface area contributed by atoms with Crippen LogP contribution in [-0.2, 0) is 0 Å². The van der Waals surface area contributed by atoms with Crippen LogP contribution in [0.3, 0.4) is 0 Å². The number of likely N-dealkylation sites (N-methyl/N-ethyl adjacent to an activating group) is 1. The van der Waals surface area contributed by atoms with Crippen molar-refractivity contribution in [3.63, 3.8) is 0 Å². The highest BCUT2D eigenvalue weighted by Gasteiger charge is 2.27. The Hall–Kier alpha value is -2.94. The molecule has 0 atom stereocenters. The highest BCUT2D eigenvalue weighted by atomic mass is 16.3. The Morgan fingerprint density at radius 2 is 1.85 bits per heavy atom. The van der Waals surface area contributed by atoms with Crippen LogP contribution in [0.5, 0.6) is 0 Å². The van der Waals surface area contributed by atoms with Gasteiger partial charge in [-0.1, -0.05) is 0 Å². The molecule has 0 aliphatic carbocycles. The number of furan rings is 1. The molecule has 1 fully saturated rings. The van der Waals surface area contributed by atoms with Gasteiger partial charge >= 0.3 is 0 Å². The van der Waals surface area contributed by atoms with Crippen LogP contribution in [-0.4, -0.2) is 89.8 Å². The Kier molecular flexibility index (Phi) is 6.02. The molecule has 1 aliphatic rings. The molecule has 9 nitrogen and oxygen atoms in total. The van der Waals surface area contributed by atoms with Gasteiger partial charge < -0.3 is 24.4 Å². The van der Waals surface area contributed by atoms with E-state index in [1.54, 1.807) is 34.2 Å². The van der Waals surface area contributed by atoms with Crippen LogP contribution >= 0.6 is 0 Å². The second-order valence-corrected chi connectivity index (χ2v) is 6.56. The third-order valence-electron chi connectivity index (χ3n) is 4.30. The van der Waals surface area contributed by atoms with E-state index in [4.69, 9.17) is 4.42 Å². The van der Waals surface area contributed by atoms with Crippen LogP contribution in [0.4, 0.5) is 5.95 Å². The molecule has 0 saturated carbocycles. The molecule has 1 N–H and O–H groups in total. The van der Waals surface area contributed by atoms with Gasteiger partial charge in [0.1, 0.15) is 5.69 Å². The van der Waals surface area contributed by atoms with Gasteiger partial charge in [-0.25, -0.2) is 9.97 Å². The summed E-state index contributed by atoms with van der Waals surface area (Å²) in [6.45, 7) is 3.37. The highest BCUT2D eigenvalue weighted by Crippen LogP contribution is 2.12. The SMILES string of the molecule is CN(C)CCNc1nccc(C(=O)N2CCN(C(=O)c3ccco3)CC2)n1. The van der Waals surface area contributed by atoms with Gasteiger partial charge in [-0.2, -0.15) is 0 Å². The van der Waals surface area contributed by atoms with E-state index < -0.39 is 0 Å². The Bertz CT molecular complexity index is 769. The average Bonchev–Trinajstić information content (AvgIpc) is 3.22. The molecule has 0 aromatic carbocycles. The van der Waals surface area contributed by atoms with E-state index in [-0.39, 0.29) is 11.8 Å². The molecular weight excluding hydrogens is 348 g/mol. The van der Waals surface area contributed by atoms with Gasteiger partial charge in [0.15, 0.2) is 5.76 Å². The zero-order valence-corrected chi connectivity index (χ0v) is 15.6. The lowest BCUT2D eigenvalue weighted by Crippen LogP contribution is -2.50. The lowest BCUT2D eigenvalue weighted by atomic mass is 10.2. The first kappa shape index (κ1) is 18.8. The molecule has 2 aromatic rings. The van der Waals surface area contributed by atoms with Gasteiger partial charge in [-0.15, -0.1) is 0 Å². The lowest BCUT2D eigenvalue weighted by Gasteiger charge is -2.34. The van der Waals surface area contributed by atoms with Crippen molar-refractivity contribution >= 4 is 17.8 Å². The summed E-state index contributed by atoms with van der Waals surface area (Å²) in [6.07, 6.45) is 3.06. The van der Waals surface area contributed by atoms with E-state index in [1.165, 1.54) is 6.26 Å². The van der Waals surface area contributed by atoms with Crippen LogP contribution in [0.1, 0.15) is 21.0 Å². The molecule has 1 saturated heterocycles. The van der Waals surface area contributed by atoms with E-state index in [1.807, 2.05) is 19.0 Å². The van der Waals surface area contributed by atoms with Crippen molar-refractivity contribution in [2.45, 2.75) is 0 Å². The first-order valence-electron chi connectivity index (χ1n) is 8.88. The number of carbonyl (C=O) groups excluding carboxylic acids is 2. The summed E-state index contributed by atoms with van der Waals surface area (Å²) < 4.78 is 5.15. The van der Waals surface area contributed by atoms with E-state index in [0.717, 1.165) is 6.54 Å². The maximum atomic E-state index is 12.7. The Morgan fingerprint density at radius 1 is 1.15 bits per heavy atom. The summed E-state index contributed by atoms with van der Waals surface area (Å²) >= 11 is 0. The number of amides is 2. The number of nitrogens with zero attached hydrogens (tertiary/aromatic N) is 5. The normalized spacial score (nSPS) is 14.5. The molecule has 9 heteroatoms. The van der Waals surface area contributed by atoms with Crippen LogP contribution in [0, 0.1) is 0 Å². The lowest BCUT2D eigenvalue weighted by molar-refractivity contribution is 0.0515. The summed E-state index contributed by atoms with van der Waals surface area (Å²) in [5, 5.41) is 3.11. The number of hydrogen-bond donors (Lipinski definition) is 1. The average molecular weight is 372 g/mol. The molecule has 144 valence electrons. The van der Waals surface area contributed by atoms with Crippen molar-refractivity contribution in [3.05, 3.63) is 42.1 Å². The number of nitrogens with one attached hydrogen (secondary N) is 1. The van der Waals surface area contributed by atoms with E-state index >= 15 is 0 Å². The van der Waals surface area contributed by atoms with Gasteiger partial charge in [-0.3, -0.25) is 9.59 Å². The van der Waals surface area contributed by atoms with Gasteiger partial charge in [0, 0.05) is 45.5 Å². The van der Waals surface area contributed by atoms with Crippen molar-refractivity contribution in [1.29, 1.82) is 0 Å². The second kappa shape index (κ2) is 8.63. The van der Waals surface area contributed by atoms with Crippen LogP contribution in [0.2, 0.25) is 0 Å². The van der Waals surface area contributed by atoms with E-state index in [9.17, 15) is 9.59 Å². The molecule has 0 spiro atoms. The molecule has 1 aliphatic heterocycles. The number of carbonyl (C=O) groups is 2.